The minimum Gasteiger partial charge on any atom is -0.369 e. The highest BCUT2D eigenvalue weighted by Gasteiger charge is 2.54. The Balaban J connectivity index is 1.13. The van der Waals surface area contributed by atoms with Gasteiger partial charge in [-0.3, -0.25) is 14.4 Å². The normalized spacial score (nSPS) is 36.0. The molecule has 4 aliphatic carbocycles. The number of likely N-dealkylation sites (tertiary alicyclic amines) is 1. The van der Waals surface area contributed by atoms with E-state index in [0.29, 0.717) is 6.54 Å². The number of piperidine rings is 1. The summed E-state index contributed by atoms with van der Waals surface area (Å²) in [4.78, 5) is 38.7. The molecule has 1 saturated heterocycles. The summed E-state index contributed by atoms with van der Waals surface area (Å²) in [6.07, 6.45) is 9.71. The van der Waals surface area contributed by atoms with Crippen molar-refractivity contribution >= 4 is 17.7 Å². The van der Waals surface area contributed by atoms with Crippen LogP contribution in [0.5, 0.6) is 0 Å². The maximum Gasteiger partial charge on any atom is 0.239 e. The Labute approximate surface area is 173 Å². The van der Waals surface area contributed by atoms with Crippen LogP contribution in [0, 0.1) is 29.1 Å². The van der Waals surface area contributed by atoms with E-state index in [-0.39, 0.29) is 35.6 Å². The van der Waals surface area contributed by atoms with Crippen LogP contribution in [0.15, 0.2) is 0 Å². The van der Waals surface area contributed by atoms with Crippen molar-refractivity contribution in [2.24, 2.45) is 34.8 Å². The van der Waals surface area contributed by atoms with Crippen LogP contribution in [0.2, 0.25) is 0 Å². The van der Waals surface area contributed by atoms with E-state index < -0.39 is 0 Å². The maximum atomic E-state index is 12.9. The van der Waals surface area contributed by atoms with Crippen LogP contribution in [0.4, 0.5) is 0 Å². The molecule has 0 spiro atoms. The molecule has 162 valence electrons. The van der Waals surface area contributed by atoms with Gasteiger partial charge < -0.3 is 21.3 Å². The molecule has 7 heteroatoms. The fourth-order valence-corrected chi connectivity index (χ4v) is 6.82. The summed E-state index contributed by atoms with van der Waals surface area (Å²) in [5, 5.41) is 5.85. The molecule has 5 aliphatic rings. The Morgan fingerprint density at radius 3 is 2.28 bits per heavy atom. The van der Waals surface area contributed by atoms with Crippen molar-refractivity contribution in [2.45, 2.75) is 57.8 Å². The minimum absolute atomic E-state index is 0.0434. The van der Waals surface area contributed by atoms with Gasteiger partial charge in [-0.15, -0.1) is 0 Å². The smallest absolute Gasteiger partial charge is 0.239 e. The second-order valence-electron chi connectivity index (χ2n) is 10.1. The molecule has 1 unspecified atom stereocenters. The molecule has 0 radical (unpaired) electrons. The first-order valence-electron chi connectivity index (χ1n) is 11.5. The third-order valence-corrected chi connectivity index (χ3v) is 7.81. The lowest BCUT2D eigenvalue weighted by Crippen LogP contribution is -2.54. The summed E-state index contributed by atoms with van der Waals surface area (Å²) in [6.45, 7) is 3.23. The Morgan fingerprint density at radius 1 is 1.00 bits per heavy atom. The zero-order chi connectivity index (χ0) is 20.4. The first-order chi connectivity index (χ1) is 13.9. The summed E-state index contributed by atoms with van der Waals surface area (Å²) >= 11 is 0. The number of carbonyl (C=O) groups excluding carboxylic acids is 3. The van der Waals surface area contributed by atoms with Crippen molar-refractivity contribution in [3.8, 4) is 0 Å². The quantitative estimate of drug-likeness (QED) is 0.525. The molecule has 0 aromatic carbocycles. The molecule has 1 aliphatic heterocycles. The van der Waals surface area contributed by atoms with Gasteiger partial charge in [-0.1, -0.05) is 0 Å². The van der Waals surface area contributed by atoms with E-state index in [1.54, 1.807) is 0 Å². The largest absolute Gasteiger partial charge is 0.369 e. The molecule has 3 amide bonds. The third-order valence-electron chi connectivity index (χ3n) is 7.81. The predicted molar refractivity (Wildman–Crippen MR) is 110 cm³/mol. The van der Waals surface area contributed by atoms with Crippen LogP contribution in [0.25, 0.3) is 0 Å². The van der Waals surface area contributed by atoms with E-state index >= 15 is 0 Å². The summed E-state index contributed by atoms with van der Waals surface area (Å²) in [5.41, 5.74) is 5.22. The number of hydrogen-bond donors (Lipinski definition) is 3. The zero-order valence-corrected chi connectivity index (χ0v) is 17.5. The summed E-state index contributed by atoms with van der Waals surface area (Å²) < 4.78 is 0. The molecule has 4 N–H and O–H groups in total. The topological polar surface area (TPSA) is 105 Å². The molecule has 4 saturated carbocycles. The Morgan fingerprint density at radius 2 is 1.66 bits per heavy atom. The maximum absolute atomic E-state index is 12.9. The Kier molecular flexibility index (Phi) is 6.13. The van der Waals surface area contributed by atoms with E-state index in [4.69, 9.17) is 5.73 Å². The molecule has 5 fully saturated rings. The van der Waals surface area contributed by atoms with Crippen LogP contribution in [0.3, 0.4) is 0 Å². The number of rotatable bonds is 8. The zero-order valence-electron chi connectivity index (χ0n) is 17.5. The molecule has 0 aromatic heterocycles. The molecule has 7 nitrogen and oxygen atoms in total. The van der Waals surface area contributed by atoms with Gasteiger partial charge in [-0.05, 0) is 88.6 Å². The number of nitrogens with two attached hydrogens (primary N) is 1. The van der Waals surface area contributed by atoms with Crippen molar-refractivity contribution in [1.29, 1.82) is 0 Å². The average molecular weight is 405 g/mol. The van der Waals surface area contributed by atoms with Gasteiger partial charge in [-0.25, -0.2) is 0 Å². The van der Waals surface area contributed by atoms with Crippen molar-refractivity contribution < 1.29 is 14.4 Å². The predicted octanol–water partition coefficient (Wildman–Crippen LogP) is 1.02. The monoisotopic (exact) mass is 404 g/mol. The third kappa shape index (κ3) is 4.76. The lowest BCUT2D eigenvalue weighted by Gasteiger charge is -2.55. The van der Waals surface area contributed by atoms with E-state index in [1.807, 2.05) is 0 Å². The Hall–Kier alpha value is -1.63. The minimum atomic E-state index is -0.210. The fraction of sp³-hybridized carbons (Fsp3) is 0.864. The number of nitrogens with zero attached hydrogens (tertiary/aromatic N) is 1. The molecule has 1 heterocycles. The first-order valence-corrected chi connectivity index (χ1v) is 11.5. The van der Waals surface area contributed by atoms with E-state index in [2.05, 4.69) is 15.5 Å². The van der Waals surface area contributed by atoms with E-state index in [0.717, 1.165) is 75.9 Å². The van der Waals surface area contributed by atoms with Gasteiger partial charge in [0.1, 0.15) is 0 Å². The highest BCUT2D eigenvalue weighted by atomic mass is 16.2. The summed E-state index contributed by atoms with van der Waals surface area (Å²) in [6, 6.07) is 0. The lowest BCUT2D eigenvalue weighted by molar-refractivity contribution is -0.147. The van der Waals surface area contributed by atoms with Crippen molar-refractivity contribution in [3.63, 3.8) is 0 Å². The lowest BCUT2D eigenvalue weighted by atomic mass is 9.49. The highest BCUT2D eigenvalue weighted by molar-refractivity contribution is 5.88. The number of amides is 3. The molecular formula is C22H36N4O3. The molecule has 4 bridgehead atoms. The second kappa shape index (κ2) is 8.62. The van der Waals surface area contributed by atoms with Crippen LogP contribution >= 0.6 is 0 Å². The van der Waals surface area contributed by atoms with Gasteiger partial charge >= 0.3 is 0 Å². The standard InChI is InChI=1S/C22H36N4O3/c23-20(28)18-3-1-5-26(14-18)6-2-4-24-19(27)13-25-21(29)22-10-15-7-16(11-22)9-17(8-15)12-22/h15-18H,1-14H2,(H2,23,28)(H,24,27)(H,25,29). The fourth-order valence-electron chi connectivity index (χ4n) is 6.82. The Bertz CT molecular complexity index is 615. The van der Waals surface area contributed by atoms with Crippen LogP contribution < -0.4 is 16.4 Å². The average Bonchev–Trinajstić information content (AvgIpc) is 2.68. The van der Waals surface area contributed by atoms with Gasteiger partial charge in [0.2, 0.25) is 17.7 Å². The second-order valence-corrected chi connectivity index (χ2v) is 10.1. The van der Waals surface area contributed by atoms with Crippen LogP contribution in [-0.2, 0) is 14.4 Å². The molecular weight excluding hydrogens is 368 g/mol. The SMILES string of the molecule is NC(=O)C1CCCN(CCCNC(=O)CNC(=O)C23CC4CC(CC(C4)C2)C3)C1. The summed E-state index contributed by atoms with van der Waals surface area (Å²) in [5.74, 6) is 1.92. The highest BCUT2D eigenvalue weighted by Crippen LogP contribution is 2.60. The van der Waals surface area contributed by atoms with Crippen molar-refractivity contribution in [3.05, 3.63) is 0 Å². The van der Waals surface area contributed by atoms with Gasteiger partial charge in [0.05, 0.1) is 12.5 Å². The number of primary amides is 1. The van der Waals surface area contributed by atoms with Crippen molar-refractivity contribution in [2.75, 3.05) is 32.7 Å². The molecule has 0 aromatic rings. The van der Waals surface area contributed by atoms with Crippen LogP contribution in [0.1, 0.15) is 57.8 Å². The number of carbonyl (C=O) groups is 3. The molecule has 29 heavy (non-hydrogen) atoms. The molecule has 1 atom stereocenters. The summed E-state index contributed by atoms with van der Waals surface area (Å²) in [7, 11) is 0. The number of nitrogens with one attached hydrogen (secondary N) is 2. The number of hydrogen-bond acceptors (Lipinski definition) is 4. The van der Waals surface area contributed by atoms with E-state index in [1.165, 1.54) is 19.3 Å². The first kappa shape index (κ1) is 20.6. The van der Waals surface area contributed by atoms with Gasteiger partial charge in [0.25, 0.3) is 0 Å². The van der Waals surface area contributed by atoms with Gasteiger partial charge in [0, 0.05) is 18.5 Å². The molecule has 5 rings (SSSR count). The van der Waals surface area contributed by atoms with Crippen LogP contribution in [-0.4, -0.2) is 55.3 Å². The van der Waals surface area contributed by atoms with Gasteiger partial charge in [0.15, 0.2) is 0 Å². The van der Waals surface area contributed by atoms with Crippen molar-refractivity contribution in [1.82, 2.24) is 15.5 Å². The van der Waals surface area contributed by atoms with E-state index in [9.17, 15) is 14.4 Å². The van der Waals surface area contributed by atoms with Gasteiger partial charge in [-0.2, -0.15) is 0 Å².